The molecule has 0 rings (SSSR count). The molecule has 0 radical (unpaired) electrons. The normalized spacial score (nSPS) is 14.3. The summed E-state index contributed by atoms with van der Waals surface area (Å²) in [4.78, 5) is 36.0. The standard InChI is InChI=1S/C90H144NO8P/c1-6-8-10-12-14-16-18-20-22-24-26-28-30-32-34-36-38-40-42-43-44-45-46-47-49-51-53-55-57-59-61-63-65-67-69-71-73-75-77-79-81-83-90(93)99-88(87-98-100(94,95)97-85-84-91(3,4)5)86-96-89(92)82-80-78-76-74-72-70-68-66-64-62-60-58-56-54-52-50-48-41-39-37-35-33-31-29-27-25-23-21-19-17-15-13-11-9-7-2/h8-11,14-17,20-23,26-29,32-35,38-41,43-44,46-47,50-53,56-59,88H,6-7,12-13,18-19,24-25,30-31,36-37,42,45,48-49,54-55,60-87H2,1-5H3/p+1/b10-8-,11-9-,16-14-,17-15-,22-20-,23-21-,28-26-,29-27-,34-32-,35-33-,40-38-,41-39-,44-43-,47-46-,52-50-,53-51-,58-56-,59-57-. The summed E-state index contributed by atoms with van der Waals surface area (Å²) >= 11 is 0. The lowest BCUT2D eigenvalue weighted by Crippen LogP contribution is -2.37. The molecule has 562 valence electrons. The van der Waals surface area contributed by atoms with E-state index in [4.69, 9.17) is 18.5 Å². The molecule has 0 saturated carbocycles. The summed E-state index contributed by atoms with van der Waals surface area (Å²) in [7, 11) is 1.45. The van der Waals surface area contributed by atoms with E-state index in [0.29, 0.717) is 17.4 Å². The average Bonchev–Trinajstić information content (AvgIpc) is 1.30. The molecular weight excluding hydrogens is 1250 g/mol. The Labute approximate surface area is 614 Å². The first kappa shape index (κ1) is 94.3. The monoisotopic (exact) mass is 1400 g/mol. The molecule has 100 heavy (non-hydrogen) atoms. The van der Waals surface area contributed by atoms with E-state index in [0.717, 1.165) is 173 Å². The van der Waals surface area contributed by atoms with Gasteiger partial charge in [0.1, 0.15) is 19.8 Å². The first-order valence-corrected chi connectivity index (χ1v) is 41.0. The van der Waals surface area contributed by atoms with Crippen LogP contribution >= 0.6 is 7.82 Å². The number of nitrogens with zero attached hydrogens (tertiary/aromatic N) is 1. The summed E-state index contributed by atoms with van der Waals surface area (Å²) in [6, 6.07) is 0. The molecule has 10 heteroatoms. The summed E-state index contributed by atoms with van der Waals surface area (Å²) in [6.45, 7) is 4.18. The Morgan fingerprint density at radius 2 is 0.540 bits per heavy atom. The van der Waals surface area contributed by atoms with Crippen LogP contribution in [0.3, 0.4) is 0 Å². The van der Waals surface area contributed by atoms with Gasteiger partial charge in [-0.15, -0.1) is 0 Å². The van der Waals surface area contributed by atoms with Gasteiger partial charge in [-0.2, -0.15) is 0 Å². The molecule has 1 N–H and O–H groups in total. The first-order valence-electron chi connectivity index (χ1n) is 39.5. The van der Waals surface area contributed by atoms with E-state index in [9.17, 15) is 19.0 Å². The molecule has 0 bridgehead atoms. The third-order valence-corrected chi connectivity index (χ3v) is 17.0. The van der Waals surface area contributed by atoms with Gasteiger partial charge < -0.3 is 18.9 Å². The Bertz CT molecular complexity index is 2500. The number of ether oxygens (including phenoxy) is 2. The number of phosphoric ester groups is 1. The van der Waals surface area contributed by atoms with Crippen molar-refractivity contribution in [2.24, 2.45) is 0 Å². The Balaban J connectivity index is 4.10. The summed E-state index contributed by atoms with van der Waals surface area (Å²) < 4.78 is 34.8. The highest BCUT2D eigenvalue weighted by Crippen LogP contribution is 2.43. The van der Waals surface area contributed by atoms with Crippen molar-refractivity contribution in [3.05, 3.63) is 219 Å². The number of hydrogen-bond donors (Lipinski definition) is 1. The number of carbonyl (C=O) groups is 2. The van der Waals surface area contributed by atoms with Crippen molar-refractivity contribution in [1.29, 1.82) is 0 Å². The zero-order chi connectivity index (χ0) is 72.5. The zero-order valence-electron chi connectivity index (χ0n) is 64.1. The van der Waals surface area contributed by atoms with Crippen molar-refractivity contribution in [2.45, 2.75) is 290 Å². The topological polar surface area (TPSA) is 108 Å². The first-order chi connectivity index (χ1) is 49.0. The minimum Gasteiger partial charge on any atom is -0.462 e. The van der Waals surface area contributed by atoms with Crippen LogP contribution in [0.1, 0.15) is 284 Å². The Kier molecular flexibility index (Phi) is 73.1. The van der Waals surface area contributed by atoms with Gasteiger partial charge in [0.15, 0.2) is 6.10 Å². The molecule has 0 amide bonds. The van der Waals surface area contributed by atoms with Gasteiger partial charge in [0.2, 0.25) is 0 Å². The Morgan fingerprint density at radius 3 is 0.800 bits per heavy atom. The van der Waals surface area contributed by atoms with Crippen molar-refractivity contribution in [2.75, 3.05) is 47.5 Å². The molecule has 2 unspecified atom stereocenters. The predicted molar refractivity (Wildman–Crippen MR) is 435 cm³/mol. The highest BCUT2D eigenvalue weighted by molar-refractivity contribution is 7.47. The van der Waals surface area contributed by atoms with Crippen LogP contribution < -0.4 is 0 Å². The maximum Gasteiger partial charge on any atom is 0.472 e. The van der Waals surface area contributed by atoms with Gasteiger partial charge in [0.05, 0.1) is 27.7 Å². The molecular formula is C90H145NO8P+. The SMILES string of the molecule is CC/C=C\C/C=C\C/C=C\C/C=C\C/C=C\C/C=C\C/C=C\C/C=C\C/C=C\C/C=C\CCCCCCCCCCCCC(=O)OC(COC(=O)CCCCCCCCCCCC/C=C\C/C=C\C/C=C\C/C=C\C/C=C\C/C=C\C/C=C\C/C=C\CC)COP(=O)(O)OCC[N+](C)(C)C. The molecule has 0 aromatic heterocycles. The highest BCUT2D eigenvalue weighted by Gasteiger charge is 2.27. The second-order valence-electron chi connectivity index (χ2n) is 26.6. The number of carbonyl (C=O) groups excluding carboxylic acids is 2. The molecule has 9 nitrogen and oxygen atoms in total. The number of phosphoric acid groups is 1. The fraction of sp³-hybridized carbons (Fsp3) is 0.578. The molecule has 2 atom stereocenters. The summed E-state index contributed by atoms with van der Waals surface area (Å²) in [5, 5.41) is 0. The Morgan fingerprint density at radius 1 is 0.310 bits per heavy atom. The quantitative estimate of drug-likeness (QED) is 0.0211. The van der Waals surface area contributed by atoms with E-state index in [-0.39, 0.29) is 32.0 Å². The minimum absolute atomic E-state index is 0.0196. The molecule has 0 aliphatic heterocycles. The number of hydrogen-bond acceptors (Lipinski definition) is 7. The number of esters is 2. The van der Waals surface area contributed by atoms with Crippen LogP contribution in [-0.4, -0.2) is 74.9 Å². The van der Waals surface area contributed by atoms with Gasteiger partial charge in [-0.3, -0.25) is 18.6 Å². The van der Waals surface area contributed by atoms with E-state index in [1.807, 2.05) is 21.1 Å². The number of allylic oxidation sites excluding steroid dienone is 36. The lowest BCUT2D eigenvalue weighted by atomic mass is 10.0. The fourth-order valence-corrected chi connectivity index (χ4v) is 10.8. The van der Waals surface area contributed by atoms with Gasteiger partial charge in [0, 0.05) is 12.8 Å². The van der Waals surface area contributed by atoms with Gasteiger partial charge in [-0.25, -0.2) is 4.57 Å². The van der Waals surface area contributed by atoms with Gasteiger partial charge >= 0.3 is 19.8 Å². The van der Waals surface area contributed by atoms with E-state index < -0.39 is 26.5 Å². The number of rotatable bonds is 70. The lowest BCUT2D eigenvalue weighted by molar-refractivity contribution is -0.870. The Hall–Kier alpha value is -5.67. The summed E-state index contributed by atoms with van der Waals surface area (Å²) in [5.74, 6) is -0.818. The predicted octanol–water partition coefficient (Wildman–Crippen LogP) is 26.7. The smallest absolute Gasteiger partial charge is 0.462 e. The zero-order valence-corrected chi connectivity index (χ0v) is 65.0. The third-order valence-electron chi connectivity index (χ3n) is 16.0. The van der Waals surface area contributed by atoms with Crippen molar-refractivity contribution in [3.63, 3.8) is 0 Å². The van der Waals surface area contributed by atoms with E-state index in [1.165, 1.54) is 77.0 Å². The van der Waals surface area contributed by atoms with Crippen LogP contribution in [0.4, 0.5) is 0 Å². The van der Waals surface area contributed by atoms with Crippen LogP contribution in [-0.2, 0) is 32.7 Å². The molecule has 0 spiro atoms. The summed E-state index contributed by atoms with van der Waals surface area (Å²) in [5.41, 5.74) is 0. The molecule has 0 aliphatic rings. The van der Waals surface area contributed by atoms with E-state index >= 15 is 0 Å². The van der Waals surface area contributed by atoms with Crippen LogP contribution in [0, 0.1) is 0 Å². The highest BCUT2D eigenvalue weighted by atomic mass is 31.2. The van der Waals surface area contributed by atoms with Gasteiger partial charge in [-0.05, 0) is 154 Å². The maximum atomic E-state index is 12.9. The van der Waals surface area contributed by atoms with E-state index in [2.05, 4.69) is 233 Å². The summed E-state index contributed by atoms with van der Waals surface area (Å²) in [6.07, 6.45) is 123. The second-order valence-corrected chi connectivity index (χ2v) is 28.1. The van der Waals surface area contributed by atoms with Crippen LogP contribution in [0.25, 0.3) is 0 Å². The lowest BCUT2D eigenvalue weighted by Gasteiger charge is -2.24. The van der Waals surface area contributed by atoms with Crippen LogP contribution in [0.15, 0.2) is 219 Å². The van der Waals surface area contributed by atoms with E-state index in [1.54, 1.807) is 0 Å². The number of unbranched alkanes of at least 4 members (excludes halogenated alkanes) is 20. The second kappa shape index (κ2) is 77.5. The molecule has 0 fully saturated rings. The average molecular weight is 1400 g/mol. The van der Waals surface area contributed by atoms with Crippen LogP contribution in [0.2, 0.25) is 0 Å². The van der Waals surface area contributed by atoms with Gasteiger partial charge in [-0.1, -0.05) is 335 Å². The molecule has 0 saturated heterocycles. The molecule has 0 heterocycles. The van der Waals surface area contributed by atoms with Gasteiger partial charge in [0.25, 0.3) is 0 Å². The molecule has 0 aliphatic carbocycles. The van der Waals surface area contributed by atoms with Crippen molar-refractivity contribution in [3.8, 4) is 0 Å². The maximum absolute atomic E-state index is 12.9. The fourth-order valence-electron chi connectivity index (χ4n) is 10.1. The van der Waals surface area contributed by atoms with Crippen molar-refractivity contribution in [1.82, 2.24) is 0 Å². The molecule has 0 aromatic carbocycles. The van der Waals surface area contributed by atoms with Crippen molar-refractivity contribution < 1.29 is 42.1 Å². The van der Waals surface area contributed by atoms with Crippen molar-refractivity contribution >= 4 is 19.8 Å². The molecule has 0 aromatic rings. The largest absolute Gasteiger partial charge is 0.472 e. The minimum atomic E-state index is -4.41. The number of likely N-dealkylation sites (N-methyl/N-ethyl adjacent to an activating group) is 1. The van der Waals surface area contributed by atoms with Crippen LogP contribution in [0.5, 0.6) is 0 Å². The third kappa shape index (κ3) is 81.3. The number of quaternary nitrogens is 1.